The fourth-order valence-electron chi connectivity index (χ4n) is 3.28. The van der Waals surface area contributed by atoms with Gasteiger partial charge < -0.3 is 15.7 Å². The second-order valence-corrected chi connectivity index (χ2v) is 6.32. The van der Waals surface area contributed by atoms with Crippen molar-refractivity contribution in [2.75, 3.05) is 13.2 Å². The van der Waals surface area contributed by atoms with E-state index in [9.17, 15) is 9.18 Å². The van der Waals surface area contributed by atoms with Crippen LogP contribution in [-0.4, -0.2) is 40.0 Å². The lowest BCUT2D eigenvalue weighted by molar-refractivity contribution is 0.0944. The van der Waals surface area contributed by atoms with Gasteiger partial charge in [0.2, 0.25) is 0 Å². The van der Waals surface area contributed by atoms with Gasteiger partial charge in [0.05, 0.1) is 6.61 Å². The van der Waals surface area contributed by atoms with E-state index in [4.69, 9.17) is 5.11 Å². The number of nitrogens with one attached hydrogen (secondary N) is 2. The molecule has 1 aliphatic rings. The molecule has 0 fully saturated rings. The normalized spacial score (nSPS) is 16.5. The van der Waals surface area contributed by atoms with Gasteiger partial charge in [-0.05, 0) is 37.0 Å². The Labute approximate surface area is 146 Å². The molecule has 1 atom stereocenters. The maximum atomic E-state index is 12.9. The smallest absolute Gasteiger partial charge is 0.272 e. The zero-order valence-electron chi connectivity index (χ0n) is 14.3. The van der Waals surface area contributed by atoms with Crippen LogP contribution in [0.1, 0.15) is 33.7 Å². The number of aliphatic hydroxyl groups excluding tert-OH is 1. The van der Waals surface area contributed by atoms with Crippen LogP contribution in [-0.2, 0) is 26.4 Å². The summed E-state index contributed by atoms with van der Waals surface area (Å²) < 4.78 is 14.7. The maximum Gasteiger partial charge on any atom is 0.272 e. The molecule has 0 aliphatic heterocycles. The van der Waals surface area contributed by atoms with Crippen LogP contribution in [0, 0.1) is 5.82 Å². The summed E-state index contributed by atoms with van der Waals surface area (Å²) in [4.78, 5) is 12.6. The minimum atomic E-state index is -0.296. The van der Waals surface area contributed by atoms with Crippen LogP contribution in [0.5, 0.6) is 0 Å². The highest BCUT2D eigenvalue weighted by molar-refractivity contribution is 5.94. The molecule has 1 amide bonds. The van der Waals surface area contributed by atoms with Gasteiger partial charge in [-0.3, -0.25) is 9.48 Å². The Morgan fingerprint density at radius 1 is 1.40 bits per heavy atom. The molecule has 3 rings (SSSR count). The second kappa shape index (κ2) is 7.76. The Bertz CT molecular complexity index is 742. The number of aromatic nitrogens is 2. The van der Waals surface area contributed by atoms with Crippen molar-refractivity contribution in [2.45, 2.75) is 31.8 Å². The number of hydrogen-bond donors (Lipinski definition) is 3. The van der Waals surface area contributed by atoms with E-state index in [1.165, 1.54) is 12.1 Å². The quantitative estimate of drug-likeness (QED) is 0.727. The van der Waals surface area contributed by atoms with E-state index in [-0.39, 0.29) is 24.4 Å². The molecule has 0 saturated heterocycles. The highest BCUT2D eigenvalue weighted by Crippen LogP contribution is 2.24. The Morgan fingerprint density at radius 2 is 2.16 bits per heavy atom. The molecule has 3 N–H and O–H groups in total. The van der Waals surface area contributed by atoms with Crippen LogP contribution in [0.2, 0.25) is 0 Å². The third-order valence-electron chi connectivity index (χ3n) is 4.58. The van der Waals surface area contributed by atoms with Crippen molar-refractivity contribution in [3.63, 3.8) is 0 Å². The average molecular weight is 346 g/mol. The van der Waals surface area contributed by atoms with Gasteiger partial charge in [-0.25, -0.2) is 4.39 Å². The minimum absolute atomic E-state index is 0.0986. The second-order valence-electron chi connectivity index (χ2n) is 6.32. The van der Waals surface area contributed by atoms with Crippen LogP contribution in [0.3, 0.4) is 0 Å². The molecular weight excluding hydrogens is 323 g/mol. The lowest BCUT2D eigenvalue weighted by Gasteiger charge is -2.23. The van der Waals surface area contributed by atoms with Crippen molar-refractivity contribution >= 4 is 5.91 Å². The molecule has 1 aromatic carbocycles. The lowest BCUT2D eigenvalue weighted by Crippen LogP contribution is -2.37. The number of benzene rings is 1. The molecule has 1 heterocycles. The van der Waals surface area contributed by atoms with E-state index in [1.807, 2.05) is 7.05 Å². The topological polar surface area (TPSA) is 79.2 Å². The molecule has 0 bridgehead atoms. The Kier molecular flexibility index (Phi) is 5.45. The fourth-order valence-corrected chi connectivity index (χ4v) is 3.28. The van der Waals surface area contributed by atoms with Crippen LogP contribution in [0.15, 0.2) is 24.3 Å². The molecule has 25 heavy (non-hydrogen) atoms. The Balaban J connectivity index is 1.69. The molecular formula is C18H23FN4O2. The first-order valence-corrected chi connectivity index (χ1v) is 8.50. The van der Waals surface area contributed by atoms with Gasteiger partial charge in [0, 0.05) is 37.4 Å². The first kappa shape index (κ1) is 17.6. The van der Waals surface area contributed by atoms with E-state index in [1.54, 1.807) is 16.8 Å². The molecule has 6 nitrogen and oxygen atoms in total. The van der Waals surface area contributed by atoms with Crippen LogP contribution in [0.4, 0.5) is 4.39 Å². The summed E-state index contributed by atoms with van der Waals surface area (Å²) >= 11 is 0. The summed E-state index contributed by atoms with van der Waals surface area (Å²) in [6, 6.07) is 6.30. The zero-order valence-corrected chi connectivity index (χ0v) is 14.3. The summed E-state index contributed by atoms with van der Waals surface area (Å²) in [5, 5.41) is 19.5. The van der Waals surface area contributed by atoms with E-state index in [2.05, 4.69) is 15.7 Å². The molecule has 134 valence electrons. The standard InChI is InChI=1S/C18H23FN4O2/c1-23-16-7-6-14(20-8-9-24)10-15(16)17(22-23)18(25)21-11-12-2-4-13(19)5-3-12/h2-5,14,20,24H,6-11H2,1H3,(H,21,25)/t14-/m1/s1. The number of aryl methyl sites for hydroxylation is 1. The van der Waals surface area contributed by atoms with E-state index >= 15 is 0 Å². The molecule has 0 saturated carbocycles. The first-order chi connectivity index (χ1) is 12.1. The highest BCUT2D eigenvalue weighted by atomic mass is 19.1. The SMILES string of the molecule is Cn1nc(C(=O)NCc2ccc(F)cc2)c2c1CC[C@@H](NCCO)C2. The number of rotatable bonds is 6. The summed E-state index contributed by atoms with van der Waals surface area (Å²) in [7, 11) is 1.86. The average Bonchev–Trinajstić information content (AvgIpc) is 2.95. The van der Waals surface area contributed by atoms with Gasteiger partial charge in [0.25, 0.3) is 5.91 Å². The number of halogens is 1. The van der Waals surface area contributed by atoms with Gasteiger partial charge in [0.1, 0.15) is 5.82 Å². The predicted molar refractivity (Wildman–Crippen MR) is 91.7 cm³/mol. The Hall–Kier alpha value is -2.25. The fraction of sp³-hybridized carbons (Fsp3) is 0.444. The number of fused-ring (bicyclic) bond motifs is 1. The number of carbonyl (C=O) groups is 1. The van der Waals surface area contributed by atoms with Crippen molar-refractivity contribution in [1.29, 1.82) is 0 Å². The predicted octanol–water partition coefficient (Wildman–Crippen LogP) is 0.928. The first-order valence-electron chi connectivity index (χ1n) is 8.50. The molecule has 7 heteroatoms. The van der Waals surface area contributed by atoms with Crippen LogP contribution >= 0.6 is 0 Å². The summed E-state index contributed by atoms with van der Waals surface area (Å²) in [5.41, 5.74) is 3.35. The van der Waals surface area contributed by atoms with Gasteiger partial charge in [0.15, 0.2) is 5.69 Å². The number of aliphatic hydroxyl groups is 1. The van der Waals surface area contributed by atoms with E-state index in [0.29, 0.717) is 18.8 Å². The van der Waals surface area contributed by atoms with Crippen molar-refractivity contribution in [3.8, 4) is 0 Å². The van der Waals surface area contributed by atoms with Gasteiger partial charge in [-0.2, -0.15) is 5.10 Å². The van der Waals surface area contributed by atoms with Crippen LogP contribution in [0.25, 0.3) is 0 Å². The number of amides is 1. The van der Waals surface area contributed by atoms with Crippen molar-refractivity contribution in [1.82, 2.24) is 20.4 Å². The van der Waals surface area contributed by atoms with Crippen molar-refractivity contribution < 1.29 is 14.3 Å². The summed E-state index contributed by atoms with van der Waals surface area (Å²) in [6.45, 7) is 0.977. The third kappa shape index (κ3) is 4.05. The number of nitrogens with zero attached hydrogens (tertiary/aromatic N) is 2. The minimum Gasteiger partial charge on any atom is -0.395 e. The monoisotopic (exact) mass is 346 g/mol. The molecule has 1 aromatic heterocycles. The summed E-state index contributed by atoms with van der Waals surface area (Å²) in [6.07, 6.45) is 2.54. The van der Waals surface area contributed by atoms with Gasteiger partial charge in [-0.15, -0.1) is 0 Å². The summed E-state index contributed by atoms with van der Waals surface area (Å²) in [5.74, 6) is -0.515. The largest absolute Gasteiger partial charge is 0.395 e. The number of hydrogen-bond acceptors (Lipinski definition) is 4. The maximum absolute atomic E-state index is 12.9. The van der Waals surface area contributed by atoms with Gasteiger partial charge in [-0.1, -0.05) is 12.1 Å². The van der Waals surface area contributed by atoms with Crippen molar-refractivity contribution in [2.24, 2.45) is 7.05 Å². The lowest BCUT2D eigenvalue weighted by atomic mass is 9.91. The molecule has 0 unspecified atom stereocenters. The Morgan fingerprint density at radius 3 is 2.88 bits per heavy atom. The van der Waals surface area contributed by atoms with Crippen molar-refractivity contribution in [3.05, 3.63) is 52.6 Å². The van der Waals surface area contributed by atoms with Gasteiger partial charge >= 0.3 is 0 Å². The molecule has 2 aromatic rings. The third-order valence-corrected chi connectivity index (χ3v) is 4.58. The molecule has 1 aliphatic carbocycles. The molecule has 0 radical (unpaired) electrons. The highest BCUT2D eigenvalue weighted by Gasteiger charge is 2.27. The zero-order chi connectivity index (χ0) is 17.8. The van der Waals surface area contributed by atoms with E-state index < -0.39 is 0 Å². The van der Waals surface area contributed by atoms with E-state index in [0.717, 1.165) is 36.1 Å². The van der Waals surface area contributed by atoms with Crippen LogP contribution < -0.4 is 10.6 Å². The number of carbonyl (C=O) groups excluding carboxylic acids is 1. The molecule has 0 spiro atoms.